The quantitative estimate of drug-likeness (QED) is 0.790. The Bertz CT molecular complexity index is 571. The summed E-state index contributed by atoms with van der Waals surface area (Å²) in [4.78, 5) is 0. The lowest BCUT2D eigenvalue weighted by Gasteiger charge is -2.20. The van der Waals surface area contributed by atoms with Crippen molar-refractivity contribution < 1.29 is 4.42 Å². The van der Waals surface area contributed by atoms with E-state index in [0.29, 0.717) is 0 Å². The Labute approximate surface area is 128 Å². The van der Waals surface area contributed by atoms with Crippen molar-refractivity contribution in [2.75, 3.05) is 6.54 Å². The molecule has 0 aliphatic carbocycles. The van der Waals surface area contributed by atoms with Crippen LogP contribution in [-0.4, -0.2) is 6.54 Å². The van der Waals surface area contributed by atoms with E-state index in [9.17, 15) is 0 Å². The van der Waals surface area contributed by atoms with Gasteiger partial charge >= 0.3 is 0 Å². The summed E-state index contributed by atoms with van der Waals surface area (Å²) in [5.41, 5.74) is 5.50. The van der Waals surface area contributed by atoms with E-state index >= 15 is 0 Å². The van der Waals surface area contributed by atoms with E-state index in [0.717, 1.165) is 31.6 Å². The first kappa shape index (κ1) is 15.8. The summed E-state index contributed by atoms with van der Waals surface area (Å²) in [6, 6.07) is 9.21. The highest BCUT2D eigenvalue weighted by Gasteiger charge is 2.18. The van der Waals surface area contributed by atoms with Crippen LogP contribution in [0.15, 0.2) is 34.9 Å². The Hall–Kier alpha value is -1.54. The first-order chi connectivity index (χ1) is 10.2. The number of furan rings is 1. The lowest BCUT2D eigenvalue weighted by atomic mass is 9.93. The van der Waals surface area contributed by atoms with Gasteiger partial charge in [-0.2, -0.15) is 0 Å². The second-order valence-corrected chi connectivity index (χ2v) is 5.55. The molecule has 1 N–H and O–H groups in total. The Balaban J connectivity index is 2.39. The normalized spacial score (nSPS) is 12.6. The predicted octanol–water partition coefficient (Wildman–Crippen LogP) is 4.80. The lowest BCUT2D eigenvalue weighted by Crippen LogP contribution is -2.23. The molecule has 114 valence electrons. The van der Waals surface area contributed by atoms with Crippen LogP contribution in [0.1, 0.15) is 61.2 Å². The molecule has 2 heteroatoms. The molecule has 0 spiro atoms. The van der Waals surface area contributed by atoms with Crippen LogP contribution in [0.5, 0.6) is 0 Å². The minimum atomic E-state index is 0.222. The summed E-state index contributed by atoms with van der Waals surface area (Å²) >= 11 is 0. The van der Waals surface area contributed by atoms with E-state index in [1.165, 1.54) is 22.3 Å². The maximum atomic E-state index is 5.51. The van der Waals surface area contributed by atoms with Crippen molar-refractivity contribution >= 4 is 0 Å². The van der Waals surface area contributed by atoms with Gasteiger partial charge in [0.05, 0.1) is 12.3 Å². The molecule has 0 amide bonds. The fraction of sp³-hybridized carbons (Fsp3) is 0.474. The van der Waals surface area contributed by atoms with Gasteiger partial charge in [-0.15, -0.1) is 0 Å². The minimum absolute atomic E-state index is 0.222. The number of benzene rings is 1. The van der Waals surface area contributed by atoms with Crippen LogP contribution in [0.4, 0.5) is 0 Å². The van der Waals surface area contributed by atoms with Crippen molar-refractivity contribution in [3.8, 4) is 0 Å². The number of aryl methyl sites for hydroxylation is 3. The molecular formula is C19H27NO. The van der Waals surface area contributed by atoms with Gasteiger partial charge in [-0.05, 0) is 55.5 Å². The number of rotatable bonds is 7. The summed E-state index contributed by atoms with van der Waals surface area (Å²) in [6.45, 7) is 9.70. The standard InChI is InChI=1S/C19H27NO/c1-5-11-20-19(18-10-12-21-14(18)4)17-9-8-15(6-2)16(7-3)13-17/h8-10,12-13,19-20H,5-7,11H2,1-4H3. The highest BCUT2D eigenvalue weighted by molar-refractivity contribution is 5.39. The van der Waals surface area contributed by atoms with E-state index < -0.39 is 0 Å². The van der Waals surface area contributed by atoms with Gasteiger partial charge in [0.25, 0.3) is 0 Å². The van der Waals surface area contributed by atoms with Crippen molar-refractivity contribution in [3.05, 3.63) is 58.5 Å². The van der Waals surface area contributed by atoms with E-state index in [4.69, 9.17) is 4.42 Å². The van der Waals surface area contributed by atoms with Crippen molar-refractivity contribution in [1.29, 1.82) is 0 Å². The molecule has 2 rings (SSSR count). The Morgan fingerprint density at radius 2 is 1.81 bits per heavy atom. The molecule has 0 saturated heterocycles. The topological polar surface area (TPSA) is 25.2 Å². The zero-order valence-electron chi connectivity index (χ0n) is 13.7. The lowest BCUT2D eigenvalue weighted by molar-refractivity contribution is 0.517. The van der Waals surface area contributed by atoms with Crippen molar-refractivity contribution in [3.63, 3.8) is 0 Å². The minimum Gasteiger partial charge on any atom is -0.469 e. The summed E-state index contributed by atoms with van der Waals surface area (Å²) in [5.74, 6) is 1.00. The Morgan fingerprint density at radius 1 is 1.05 bits per heavy atom. The van der Waals surface area contributed by atoms with Crippen LogP contribution in [-0.2, 0) is 12.8 Å². The predicted molar refractivity (Wildman–Crippen MR) is 88.8 cm³/mol. The molecule has 1 atom stereocenters. The average Bonchev–Trinajstić information content (AvgIpc) is 2.93. The largest absolute Gasteiger partial charge is 0.469 e. The first-order valence-electron chi connectivity index (χ1n) is 8.10. The molecule has 1 aromatic heterocycles. The van der Waals surface area contributed by atoms with Crippen molar-refractivity contribution in [2.45, 2.75) is 53.0 Å². The second kappa shape index (κ2) is 7.46. The van der Waals surface area contributed by atoms with Gasteiger partial charge in [0.2, 0.25) is 0 Å². The molecule has 0 fully saturated rings. The maximum absolute atomic E-state index is 5.51. The molecule has 2 aromatic rings. The van der Waals surface area contributed by atoms with Gasteiger partial charge in [-0.25, -0.2) is 0 Å². The number of hydrogen-bond acceptors (Lipinski definition) is 2. The molecule has 0 aliphatic heterocycles. The smallest absolute Gasteiger partial charge is 0.105 e. The van der Waals surface area contributed by atoms with Crippen LogP contribution in [0.2, 0.25) is 0 Å². The van der Waals surface area contributed by atoms with Crippen molar-refractivity contribution in [1.82, 2.24) is 5.32 Å². The highest BCUT2D eigenvalue weighted by Crippen LogP contribution is 2.27. The summed E-state index contributed by atoms with van der Waals surface area (Å²) in [7, 11) is 0. The third-order valence-electron chi connectivity index (χ3n) is 4.13. The van der Waals surface area contributed by atoms with Crippen LogP contribution in [0, 0.1) is 6.92 Å². The van der Waals surface area contributed by atoms with E-state index in [1.807, 2.05) is 6.92 Å². The Kier molecular flexibility index (Phi) is 5.63. The summed E-state index contributed by atoms with van der Waals surface area (Å²) in [6.07, 6.45) is 5.09. The molecule has 1 heterocycles. The molecule has 0 saturated carbocycles. The van der Waals surface area contributed by atoms with Gasteiger partial charge in [-0.3, -0.25) is 0 Å². The SMILES string of the molecule is CCCNC(c1ccc(CC)c(CC)c1)c1ccoc1C. The van der Waals surface area contributed by atoms with Crippen LogP contribution >= 0.6 is 0 Å². The third kappa shape index (κ3) is 3.56. The van der Waals surface area contributed by atoms with E-state index in [2.05, 4.69) is 50.4 Å². The molecule has 1 unspecified atom stereocenters. The molecule has 0 radical (unpaired) electrons. The van der Waals surface area contributed by atoms with E-state index in [1.54, 1.807) is 6.26 Å². The van der Waals surface area contributed by atoms with Crippen LogP contribution in [0.25, 0.3) is 0 Å². The second-order valence-electron chi connectivity index (χ2n) is 5.55. The van der Waals surface area contributed by atoms with Crippen LogP contribution in [0.3, 0.4) is 0 Å². The highest BCUT2D eigenvalue weighted by atomic mass is 16.3. The van der Waals surface area contributed by atoms with E-state index in [-0.39, 0.29) is 6.04 Å². The molecule has 1 aromatic carbocycles. The third-order valence-corrected chi connectivity index (χ3v) is 4.13. The number of nitrogens with one attached hydrogen (secondary N) is 1. The maximum Gasteiger partial charge on any atom is 0.105 e. The van der Waals surface area contributed by atoms with Gasteiger partial charge in [0.15, 0.2) is 0 Å². The molecule has 21 heavy (non-hydrogen) atoms. The van der Waals surface area contributed by atoms with Crippen LogP contribution < -0.4 is 5.32 Å². The van der Waals surface area contributed by atoms with Gasteiger partial charge in [0.1, 0.15) is 5.76 Å². The fourth-order valence-electron chi connectivity index (χ4n) is 2.89. The van der Waals surface area contributed by atoms with Gasteiger partial charge in [-0.1, -0.05) is 39.0 Å². The van der Waals surface area contributed by atoms with Gasteiger partial charge in [0, 0.05) is 5.56 Å². The molecular weight excluding hydrogens is 258 g/mol. The molecule has 0 bridgehead atoms. The van der Waals surface area contributed by atoms with Gasteiger partial charge < -0.3 is 9.73 Å². The monoisotopic (exact) mass is 285 g/mol. The summed E-state index contributed by atoms with van der Waals surface area (Å²) in [5, 5.41) is 3.66. The molecule has 2 nitrogen and oxygen atoms in total. The zero-order valence-corrected chi connectivity index (χ0v) is 13.7. The number of hydrogen-bond donors (Lipinski definition) is 1. The van der Waals surface area contributed by atoms with Crippen molar-refractivity contribution in [2.24, 2.45) is 0 Å². The molecule has 0 aliphatic rings. The fourth-order valence-corrected chi connectivity index (χ4v) is 2.89. The Morgan fingerprint density at radius 3 is 2.38 bits per heavy atom. The zero-order chi connectivity index (χ0) is 15.2. The summed E-state index contributed by atoms with van der Waals surface area (Å²) < 4.78 is 5.51. The first-order valence-corrected chi connectivity index (χ1v) is 8.10. The average molecular weight is 285 g/mol.